The van der Waals surface area contributed by atoms with Crippen LogP contribution in [0.2, 0.25) is 5.02 Å². The highest BCUT2D eigenvalue weighted by Crippen LogP contribution is 2.38. The fourth-order valence-corrected chi connectivity index (χ4v) is 3.05. The summed E-state index contributed by atoms with van der Waals surface area (Å²) in [6, 6.07) is 4.94. The monoisotopic (exact) mass is 359 g/mol. The number of nitrogens with one attached hydrogen (secondary N) is 1. The van der Waals surface area contributed by atoms with E-state index in [-0.39, 0.29) is 24.2 Å². The van der Waals surface area contributed by atoms with E-state index in [1.54, 1.807) is 32.3 Å². The van der Waals surface area contributed by atoms with Gasteiger partial charge in [0, 0.05) is 26.3 Å². The Kier molecular flexibility index (Phi) is 6.86. The predicted octanol–water partition coefficient (Wildman–Crippen LogP) is 2.92. The van der Waals surface area contributed by atoms with E-state index in [0.717, 1.165) is 25.7 Å². The molecule has 0 spiro atoms. The average molecular weight is 360 g/mol. The molecule has 7 heteroatoms. The molecule has 1 saturated carbocycles. The van der Waals surface area contributed by atoms with Crippen molar-refractivity contribution in [2.75, 3.05) is 26.0 Å². The lowest BCUT2D eigenvalue weighted by atomic mass is 9.85. The highest BCUT2D eigenvalue weighted by Gasteiger charge is 2.39. The van der Waals surface area contributed by atoms with Crippen molar-refractivity contribution in [2.24, 2.45) is 11.1 Å². The molecule has 0 atom stereocenters. The zero-order valence-corrected chi connectivity index (χ0v) is 15.0. The number of carbonyl (C=O) groups excluding carboxylic acids is 2. The van der Waals surface area contributed by atoms with Crippen LogP contribution in [0.25, 0.3) is 0 Å². The van der Waals surface area contributed by atoms with Crippen LogP contribution < -0.4 is 11.1 Å². The Morgan fingerprint density at radius 1 is 1.30 bits per heavy atom. The fourth-order valence-electron chi connectivity index (χ4n) is 2.85. The first-order chi connectivity index (χ1) is 10.4. The van der Waals surface area contributed by atoms with Crippen molar-refractivity contribution in [3.05, 3.63) is 28.8 Å². The van der Waals surface area contributed by atoms with Crippen molar-refractivity contribution >= 4 is 41.5 Å². The minimum atomic E-state index is -0.481. The minimum absolute atomic E-state index is 0. The lowest BCUT2D eigenvalue weighted by molar-refractivity contribution is -0.124. The van der Waals surface area contributed by atoms with E-state index in [0.29, 0.717) is 22.8 Å². The molecule has 3 N–H and O–H groups in total. The molecule has 2 amide bonds. The number of nitrogens with two attached hydrogens (primary N) is 1. The molecular formula is C16H23Cl2N3O2. The molecule has 1 aromatic carbocycles. The first-order valence-corrected chi connectivity index (χ1v) is 7.80. The maximum absolute atomic E-state index is 12.5. The third-order valence-electron chi connectivity index (χ3n) is 4.29. The summed E-state index contributed by atoms with van der Waals surface area (Å²) in [7, 11) is 3.32. The van der Waals surface area contributed by atoms with Crippen molar-refractivity contribution in [1.29, 1.82) is 0 Å². The maximum Gasteiger partial charge on any atom is 0.254 e. The van der Waals surface area contributed by atoms with Gasteiger partial charge in [-0.05, 0) is 31.0 Å². The van der Waals surface area contributed by atoms with Gasteiger partial charge in [-0.2, -0.15) is 0 Å². The van der Waals surface area contributed by atoms with Gasteiger partial charge in [0.15, 0.2) is 0 Å². The van der Waals surface area contributed by atoms with Crippen LogP contribution in [0.15, 0.2) is 18.2 Å². The number of halogens is 2. The van der Waals surface area contributed by atoms with E-state index in [4.69, 9.17) is 17.3 Å². The Morgan fingerprint density at radius 3 is 2.43 bits per heavy atom. The summed E-state index contributed by atoms with van der Waals surface area (Å²) in [6.07, 6.45) is 3.67. The Labute approximate surface area is 148 Å². The Balaban J connectivity index is 0.00000264. The number of benzene rings is 1. The summed E-state index contributed by atoms with van der Waals surface area (Å²) in [6.45, 7) is 0.343. The molecule has 1 aromatic rings. The largest absolute Gasteiger partial charge is 0.345 e. The van der Waals surface area contributed by atoms with Crippen LogP contribution >= 0.6 is 24.0 Å². The summed E-state index contributed by atoms with van der Waals surface area (Å²) in [5.74, 6) is -0.270. The molecule has 0 radical (unpaired) electrons. The molecule has 1 aliphatic rings. The topological polar surface area (TPSA) is 75.4 Å². The lowest BCUT2D eigenvalue weighted by Crippen LogP contribution is -2.40. The van der Waals surface area contributed by atoms with Crippen LogP contribution in [-0.2, 0) is 4.79 Å². The number of carbonyl (C=O) groups is 2. The van der Waals surface area contributed by atoms with E-state index in [1.165, 1.54) is 4.90 Å². The van der Waals surface area contributed by atoms with Crippen LogP contribution in [0.5, 0.6) is 0 Å². The summed E-state index contributed by atoms with van der Waals surface area (Å²) in [5, 5.41) is 3.26. The van der Waals surface area contributed by atoms with Crippen molar-refractivity contribution < 1.29 is 9.59 Å². The van der Waals surface area contributed by atoms with Crippen LogP contribution in [0.1, 0.15) is 36.0 Å². The van der Waals surface area contributed by atoms with Crippen molar-refractivity contribution in [1.82, 2.24) is 4.90 Å². The van der Waals surface area contributed by atoms with Gasteiger partial charge in [-0.1, -0.05) is 24.4 Å². The van der Waals surface area contributed by atoms with Gasteiger partial charge in [0.2, 0.25) is 5.91 Å². The van der Waals surface area contributed by atoms with E-state index >= 15 is 0 Å². The molecule has 1 fully saturated rings. The van der Waals surface area contributed by atoms with E-state index in [2.05, 4.69) is 5.32 Å². The average Bonchev–Trinajstić information content (AvgIpc) is 2.98. The Hall–Kier alpha value is -1.30. The zero-order valence-electron chi connectivity index (χ0n) is 13.4. The number of amides is 2. The molecule has 0 aliphatic heterocycles. The lowest BCUT2D eigenvalue weighted by Gasteiger charge is -2.26. The first-order valence-electron chi connectivity index (χ1n) is 7.42. The van der Waals surface area contributed by atoms with E-state index < -0.39 is 5.41 Å². The van der Waals surface area contributed by atoms with Gasteiger partial charge in [-0.3, -0.25) is 9.59 Å². The van der Waals surface area contributed by atoms with E-state index in [9.17, 15) is 9.59 Å². The van der Waals surface area contributed by atoms with Crippen LogP contribution in [0.4, 0.5) is 5.69 Å². The SMILES string of the molecule is CN(C)C(=O)c1cc(NC(=O)C2(CN)CCCC2)ccc1Cl.Cl. The molecule has 2 rings (SSSR count). The van der Waals surface area contributed by atoms with Gasteiger partial charge < -0.3 is 16.0 Å². The second kappa shape index (κ2) is 7.99. The van der Waals surface area contributed by atoms with E-state index in [1.807, 2.05) is 0 Å². The molecular weight excluding hydrogens is 337 g/mol. The van der Waals surface area contributed by atoms with Gasteiger partial charge in [-0.15, -0.1) is 12.4 Å². The molecule has 1 aliphatic carbocycles. The van der Waals surface area contributed by atoms with Gasteiger partial charge in [0.1, 0.15) is 0 Å². The summed E-state index contributed by atoms with van der Waals surface area (Å²) in [5.41, 5.74) is 6.28. The zero-order chi connectivity index (χ0) is 16.3. The second-order valence-corrected chi connectivity index (χ2v) is 6.45. The molecule has 0 saturated heterocycles. The summed E-state index contributed by atoms with van der Waals surface area (Å²) < 4.78 is 0. The number of hydrogen-bond acceptors (Lipinski definition) is 3. The van der Waals surface area contributed by atoms with Crippen LogP contribution in [0.3, 0.4) is 0 Å². The molecule has 23 heavy (non-hydrogen) atoms. The molecule has 0 heterocycles. The van der Waals surface area contributed by atoms with Crippen molar-refractivity contribution in [2.45, 2.75) is 25.7 Å². The minimum Gasteiger partial charge on any atom is -0.345 e. The van der Waals surface area contributed by atoms with Crippen molar-refractivity contribution in [3.8, 4) is 0 Å². The van der Waals surface area contributed by atoms with Crippen LogP contribution in [0, 0.1) is 5.41 Å². The highest BCUT2D eigenvalue weighted by atomic mass is 35.5. The molecule has 5 nitrogen and oxygen atoms in total. The molecule has 0 aromatic heterocycles. The van der Waals surface area contributed by atoms with Gasteiger partial charge in [0.25, 0.3) is 5.91 Å². The number of nitrogens with zero attached hydrogens (tertiary/aromatic N) is 1. The highest BCUT2D eigenvalue weighted by molar-refractivity contribution is 6.34. The number of hydrogen-bond donors (Lipinski definition) is 2. The second-order valence-electron chi connectivity index (χ2n) is 6.04. The fraction of sp³-hybridized carbons (Fsp3) is 0.500. The maximum atomic E-state index is 12.5. The third kappa shape index (κ3) is 4.16. The smallest absolute Gasteiger partial charge is 0.254 e. The number of rotatable bonds is 4. The standard InChI is InChI=1S/C16H22ClN3O2.ClH/c1-20(2)14(21)12-9-11(5-6-13(12)17)19-15(22)16(10-18)7-3-4-8-16;/h5-6,9H,3-4,7-8,10,18H2,1-2H3,(H,19,22);1H. The normalized spacial score (nSPS) is 15.7. The quantitative estimate of drug-likeness (QED) is 0.867. The van der Waals surface area contributed by atoms with Gasteiger partial charge in [0.05, 0.1) is 16.0 Å². The molecule has 128 valence electrons. The van der Waals surface area contributed by atoms with Crippen LogP contribution in [-0.4, -0.2) is 37.4 Å². The third-order valence-corrected chi connectivity index (χ3v) is 4.62. The summed E-state index contributed by atoms with van der Waals surface area (Å²) in [4.78, 5) is 26.1. The van der Waals surface area contributed by atoms with Gasteiger partial charge >= 0.3 is 0 Å². The molecule has 0 bridgehead atoms. The van der Waals surface area contributed by atoms with Crippen molar-refractivity contribution in [3.63, 3.8) is 0 Å². The number of anilines is 1. The first kappa shape index (κ1) is 19.7. The summed E-state index contributed by atoms with van der Waals surface area (Å²) >= 11 is 6.07. The molecule has 0 unspecified atom stereocenters. The predicted molar refractivity (Wildman–Crippen MR) is 95.3 cm³/mol. The Bertz CT molecular complexity index is 585. The Morgan fingerprint density at radius 2 is 1.91 bits per heavy atom. The van der Waals surface area contributed by atoms with Gasteiger partial charge in [-0.25, -0.2) is 0 Å².